The van der Waals surface area contributed by atoms with Crippen molar-refractivity contribution in [2.45, 2.75) is 38.7 Å². The fourth-order valence-electron chi connectivity index (χ4n) is 2.89. The van der Waals surface area contributed by atoms with Crippen LogP contribution in [0, 0.1) is 0 Å². The van der Waals surface area contributed by atoms with Gasteiger partial charge in [0.1, 0.15) is 6.10 Å². The first-order valence-corrected chi connectivity index (χ1v) is 8.74. The quantitative estimate of drug-likeness (QED) is 0.893. The number of aromatic nitrogens is 1. The van der Waals surface area contributed by atoms with Crippen LogP contribution in [0.4, 0.5) is 5.69 Å². The molecule has 3 rings (SSSR count). The number of pyridine rings is 1. The van der Waals surface area contributed by atoms with Crippen molar-refractivity contribution >= 4 is 11.6 Å². The molecule has 1 aromatic carbocycles. The molecule has 2 heterocycles. The van der Waals surface area contributed by atoms with Gasteiger partial charge in [-0.3, -0.25) is 4.79 Å². The van der Waals surface area contributed by atoms with Gasteiger partial charge in [-0.15, -0.1) is 0 Å². The van der Waals surface area contributed by atoms with E-state index in [2.05, 4.69) is 24.1 Å². The van der Waals surface area contributed by atoms with Crippen LogP contribution in [0.5, 0.6) is 5.88 Å². The number of anilines is 1. The van der Waals surface area contributed by atoms with Crippen molar-refractivity contribution in [2.24, 2.45) is 0 Å². The van der Waals surface area contributed by atoms with E-state index in [1.54, 1.807) is 18.3 Å². The van der Waals surface area contributed by atoms with Gasteiger partial charge in [-0.25, -0.2) is 4.98 Å². The Balaban J connectivity index is 1.71. The van der Waals surface area contributed by atoms with Crippen molar-refractivity contribution in [1.29, 1.82) is 0 Å². The molecule has 5 nitrogen and oxygen atoms in total. The lowest BCUT2D eigenvalue weighted by Gasteiger charge is -2.22. The molecule has 0 bridgehead atoms. The monoisotopic (exact) mass is 340 g/mol. The summed E-state index contributed by atoms with van der Waals surface area (Å²) in [6.45, 7) is 5.63. The molecular formula is C20H24N2O3. The summed E-state index contributed by atoms with van der Waals surface area (Å²) in [5, 5.41) is 3.00. The second-order valence-electron chi connectivity index (χ2n) is 6.51. The minimum Gasteiger partial charge on any atom is -0.474 e. The number of amides is 1. The number of carbonyl (C=O) groups is 1. The third-order valence-corrected chi connectivity index (χ3v) is 4.28. The third-order valence-electron chi connectivity index (χ3n) is 4.28. The number of hydrogen-bond donors (Lipinski definition) is 1. The number of nitrogens with one attached hydrogen (secondary N) is 1. The third kappa shape index (κ3) is 4.57. The van der Waals surface area contributed by atoms with Gasteiger partial charge in [0.25, 0.3) is 5.91 Å². The lowest BCUT2D eigenvalue weighted by Crippen LogP contribution is -2.26. The van der Waals surface area contributed by atoms with Crippen LogP contribution in [0.2, 0.25) is 0 Å². The van der Waals surface area contributed by atoms with E-state index < -0.39 is 0 Å². The van der Waals surface area contributed by atoms with Gasteiger partial charge in [0.2, 0.25) is 5.88 Å². The number of ether oxygens (including phenoxy) is 2. The van der Waals surface area contributed by atoms with Crippen LogP contribution in [0.15, 0.2) is 42.6 Å². The van der Waals surface area contributed by atoms with Crippen molar-refractivity contribution in [3.8, 4) is 5.88 Å². The highest BCUT2D eigenvalue weighted by molar-refractivity contribution is 6.04. The maximum absolute atomic E-state index is 12.6. The fraction of sp³-hybridized carbons (Fsp3) is 0.400. The molecule has 0 atom stereocenters. The molecule has 0 saturated carbocycles. The van der Waals surface area contributed by atoms with E-state index in [1.165, 1.54) is 0 Å². The lowest BCUT2D eigenvalue weighted by atomic mass is 10.0. The smallest absolute Gasteiger partial charge is 0.255 e. The second-order valence-corrected chi connectivity index (χ2v) is 6.51. The van der Waals surface area contributed by atoms with Gasteiger partial charge in [-0.05, 0) is 23.6 Å². The molecule has 1 aliphatic rings. The Kier molecular flexibility index (Phi) is 5.66. The van der Waals surface area contributed by atoms with E-state index in [-0.39, 0.29) is 12.0 Å². The van der Waals surface area contributed by atoms with Crippen LogP contribution < -0.4 is 10.1 Å². The van der Waals surface area contributed by atoms with Crippen LogP contribution >= 0.6 is 0 Å². The first-order valence-electron chi connectivity index (χ1n) is 8.74. The zero-order valence-corrected chi connectivity index (χ0v) is 14.7. The summed E-state index contributed by atoms with van der Waals surface area (Å²) < 4.78 is 11.2. The zero-order chi connectivity index (χ0) is 17.6. The molecule has 1 amide bonds. The molecule has 0 unspecified atom stereocenters. The van der Waals surface area contributed by atoms with Crippen molar-refractivity contribution in [3.05, 3.63) is 53.7 Å². The highest BCUT2D eigenvalue weighted by atomic mass is 16.5. The summed E-state index contributed by atoms with van der Waals surface area (Å²) in [7, 11) is 0. The Morgan fingerprint density at radius 1 is 1.24 bits per heavy atom. The minimum absolute atomic E-state index is 0.0984. The summed E-state index contributed by atoms with van der Waals surface area (Å²) >= 11 is 0. The van der Waals surface area contributed by atoms with Gasteiger partial charge >= 0.3 is 0 Å². The molecule has 1 aliphatic heterocycles. The van der Waals surface area contributed by atoms with Crippen molar-refractivity contribution in [3.63, 3.8) is 0 Å². The van der Waals surface area contributed by atoms with E-state index in [0.29, 0.717) is 30.6 Å². The minimum atomic E-state index is -0.160. The van der Waals surface area contributed by atoms with Gasteiger partial charge in [0.15, 0.2) is 0 Å². The molecule has 1 aromatic heterocycles. The Morgan fingerprint density at radius 3 is 2.76 bits per heavy atom. The standard InChI is InChI=1S/C20H24N2O3/c1-14(2)17-5-3-4-6-18(17)22-20(23)15-7-10-21-19(13-15)25-16-8-11-24-12-9-16/h3-7,10,13-14,16H,8-9,11-12H2,1-2H3,(H,22,23). The lowest BCUT2D eigenvalue weighted by molar-refractivity contribution is 0.0237. The van der Waals surface area contributed by atoms with Gasteiger partial charge in [-0.2, -0.15) is 0 Å². The normalized spacial score (nSPS) is 15.2. The summed E-state index contributed by atoms with van der Waals surface area (Å²) in [5.41, 5.74) is 2.49. The summed E-state index contributed by atoms with van der Waals surface area (Å²) in [5.74, 6) is 0.658. The molecule has 0 spiro atoms. The molecule has 2 aromatic rings. The number of para-hydroxylation sites is 1. The Labute approximate surface area is 148 Å². The van der Waals surface area contributed by atoms with E-state index in [9.17, 15) is 4.79 Å². The molecule has 1 saturated heterocycles. The summed E-state index contributed by atoms with van der Waals surface area (Å²) in [6.07, 6.45) is 3.40. The number of nitrogens with zero attached hydrogens (tertiary/aromatic N) is 1. The van der Waals surface area contributed by atoms with Crippen molar-refractivity contribution in [1.82, 2.24) is 4.98 Å². The number of carbonyl (C=O) groups excluding carboxylic acids is 1. The molecular weight excluding hydrogens is 316 g/mol. The second kappa shape index (κ2) is 8.12. The van der Waals surface area contributed by atoms with Gasteiger partial charge in [0.05, 0.1) is 13.2 Å². The topological polar surface area (TPSA) is 60.5 Å². The van der Waals surface area contributed by atoms with Crippen molar-refractivity contribution < 1.29 is 14.3 Å². The largest absolute Gasteiger partial charge is 0.474 e. The first-order chi connectivity index (χ1) is 12.1. The average Bonchev–Trinajstić information content (AvgIpc) is 2.63. The van der Waals surface area contributed by atoms with Gasteiger partial charge in [0, 0.05) is 36.4 Å². The van der Waals surface area contributed by atoms with Gasteiger partial charge in [-0.1, -0.05) is 32.0 Å². The average molecular weight is 340 g/mol. The highest BCUT2D eigenvalue weighted by Gasteiger charge is 2.17. The Morgan fingerprint density at radius 2 is 2.00 bits per heavy atom. The van der Waals surface area contributed by atoms with E-state index in [4.69, 9.17) is 9.47 Å². The van der Waals surface area contributed by atoms with Gasteiger partial charge < -0.3 is 14.8 Å². The van der Waals surface area contributed by atoms with Crippen molar-refractivity contribution in [2.75, 3.05) is 18.5 Å². The van der Waals surface area contributed by atoms with E-state index in [0.717, 1.165) is 24.1 Å². The van der Waals surface area contributed by atoms with Crippen LogP contribution in [-0.4, -0.2) is 30.2 Å². The number of rotatable bonds is 5. The molecule has 5 heteroatoms. The van der Waals surface area contributed by atoms with E-state index in [1.807, 2.05) is 24.3 Å². The highest BCUT2D eigenvalue weighted by Crippen LogP contribution is 2.24. The maximum Gasteiger partial charge on any atom is 0.255 e. The predicted molar refractivity (Wildman–Crippen MR) is 97.2 cm³/mol. The van der Waals surface area contributed by atoms with Crippen LogP contribution in [0.1, 0.15) is 48.5 Å². The van der Waals surface area contributed by atoms with Crippen LogP contribution in [-0.2, 0) is 4.74 Å². The molecule has 132 valence electrons. The summed E-state index contributed by atoms with van der Waals surface area (Å²) in [6, 6.07) is 11.3. The van der Waals surface area contributed by atoms with Crippen LogP contribution in [0.25, 0.3) is 0 Å². The molecule has 1 N–H and O–H groups in total. The van der Waals surface area contributed by atoms with E-state index >= 15 is 0 Å². The molecule has 0 radical (unpaired) electrons. The molecule has 0 aliphatic carbocycles. The first kappa shape index (κ1) is 17.4. The molecule has 25 heavy (non-hydrogen) atoms. The van der Waals surface area contributed by atoms with Crippen LogP contribution in [0.3, 0.4) is 0 Å². The Hall–Kier alpha value is -2.40. The summed E-state index contributed by atoms with van der Waals surface area (Å²) in [4.78, 5) is 16.8. The Bertz CT molecular complexity index is 724. The number of hydrogen-bond acceptors (Lipinski definition) is 4. The fourth-order valence-corrected chi connectivity index (χ4v) is 2.89. The predicted octanol–water partition coefficient (Wildman–Crippen LogP) is 4.02. The SMILES string of the molecule is CC(C)c1ccccc1NC(=O)c1ccnc(OC2CCOCC2)c1. The molecule has 1 fully saturated rings. The number of benzene rings is 1. The maximum atomic E-state index is 12.6. The zero-order valence-electron chi connectivity index (χ0n) is 14.7.